The number of amides is 2. The Morgan fingerprint density at radius 1 is 0.897 bits per heavy atom. The number of rotatable bonds is 15. The number of hydrogen-bond acceptors (Lipinski definition) is 5. The Bertz CT molecular complexity index is 1180. The van der Waals surface area contributed by atoms with Crippen molar-refractivity contribution in [1.29, 1.82) is 0 Å². The standard InChI is InChI=1S/C32H42N2O4S/c1-6-7-8-10-25-12-15-27(16-13-25)32(36)34(24(2)3)23-31(35)33(22-28-11-9-20-39-28)19-18-26-14-17-29(37-4)30(21-26)38-5/h9,11-17,20-21,24H,6-8,10,18-19,22-23H2,1-5H3. The zero-order valence-corrected chi connectivity index (χ0v) is 24.8. The molecule has 0 radical (unpaired) electrons. The molecule has 7 heteroatoms. The molecule has 0 saturated heterocycles. The molecule has 210 valence electrons. The molecule has 2 aromatic carbocycles. The minimum Gasteiger partial charge on any atom is -0.493 e. The first-order valence-electron chi connectivity index (χ1n) is 13.8. The first-order valence-corrected chi connectivity index (χ1v) is 14.6. The van der Waals surface area contributed by atoms with Gasteiger partial charge in [0.2, 0.25) is 5.91 Å². The smallest absolute Gasteiger partial charge is 0.254 e. The Hall–Kier alpha value is -3.32. The first kappa shape index (κ1) is 30.2. The lowest BCUT2D eigenvalue weighted by molar-refractivity contribution is -0.132. The zero-order chi connectivity index (χ0) is 28.2. The van der Waals surface area contributed by atoms with Crippen LogP contribution < -0.4 is 9.47 Å². The summed E-state index contributed by atoms with van der Waals surface area (Å²) in [5.74, 6) is 1.16. The van der Waals surface area contributed by atoms with Crippen LogP contribution in [-0.4, -0.2) is 55.0 Å². The van der Waals surface area contributed by atoms with Crippen LogP contribution in [0.1, 0.15) is 66.4 Å². The highest BCUT2D eigenvalue weighted by atomic mass is 32.1. The van der Waals surface area contributed by atoms with Gasteiger partial charge >= 0.3 is 0 Å². The Labute approximate surface area is 237 Å². The lowest BCUT2D eigenvalue weighted by atomic mass is 10.0. The third-order valence-electron chi connectivity index (χ3n) is 6.86. The van der Waals surface area contributed by atoms with E-state index >= 15 is 0 Å². The second-order valence-corrected chi connectivity index (χ2v) is 11.0. The molecule has 3 rings (SSSR count). The summed E-state index contributed by atoms with van der Waals surface area (Å²) in [4.78, 5) is 31.8. The van der Waals surface area contributed by atoms with Crippen LogP contribution in [0.25, 0.3) is 0 Å². The van der Waals surface area contributed by atoms with Crippen LogP contribution in [0.2, 0.25) is 0 Å². The third kappa shape index (κ3) is 8.85. The van der Waals surface area contributed by atoms with Crippen molar-refractivity contribution in [2.24, 2.45) is 0 Å². The molecule has 0 atom stereocenters. The maximum atomic E-state index is 13.7. The van der Waals surface area contributed by atoms with E-state index in [1.165, 1.54) is 18.4 Å². The summed E-state index contributed by atoms with van der Waals surface area (Å²) in [6.45, 7) is 7.18. The van der Waals surface area contributed by atoms with Gasteiger partial charge < -0.3 is 19.3 Å². The Morgan fingerprint density at radius 2 is 1.62 bits per heavy atom. The summed E-state index contributed by atoms with van der Waals surface area (Å²) in [5, 5.41) is 2.02. The summed E-state index contributed by atoms with van der Waals surface area (Å²) < 4.78 is 10.8. The van der Waals surface area contributed by atoms with Crippen molar-refractivity contribution in [3.05, 3.63) is 81.5 Å². The van der Waals surface area contributed by atoms with E-state index in [-0.39, 0.29) is 24.4 Å². The van der Waals surface area contributed by atoms with Crippen molar-refractivity contribution in [2.75, 3.05) is 27.3 Å². The highest BCUT2D eigenvalue weighted by Crippen LogP contribution is 2.28. The van der Waals surface area contributed by atoms with E-state index in [1.54, 1.807) is 30.5 Å². The molecule has 0 aliphatic heterocycles. The predicted molar refractivity (Wildman–Crippen MR) is 159 cm³/mol. The van der Waals surface area contributed by atoms with Crippen LogP contribution in [-0.2, 0) is 24.2 Å². The molecule has 0 bridgehead atoms. The monoisotopic (exact) mass is 550 g/mol. The fourth-order valence-corrected chi connectivity index (χ4v) is 5.20. The van der Waals surface area contributed by atoms with Gasteiger partial charge in [0.25, 0.3) is 5.91 Å². The highest BCUT2D eigenvalue weighted by molar-refractivity contribution is 7.09. The van der Waals surface area contributed by atoms with Crippen LogP contribution in [0.3, 0.4) is 0 Å². The van der Waals surface area contributed by atoms with Crippen molar-refractivity contribution in [2.45, 2.75) is 65.5 Å². The summed E-state index contributed by atoms with van der Waals surface area (Å²) in [7, 11) is 3.23. The number of aryl methyl sites for hydroxylation is 1. The molecule has 1 heterocycles. The van der Waals surface area contributed by atoms with E-state index in [9.17, 15) is 9.59 Å². The molecular formula is C32H42N2O4S. The minimum atomic E-state index is -0.116. The van der Waals surface area contributed by atoms with Crippen molar-refractivity contribution in [3.8, 4) is 11.5 Å². The number of thiophene rings is 1. The Balaban J connectivity index is 1.72. The molecule has 2 amide bonds. The van der Waals surface area contributed by atoms with Crippen molar-refractivity contribution in [1.82, 2.24) is 9.80 Å². The summed E-state index contributed by atoms with van der Waals surface area (Å²) in [6, 6.07) is 17.6. The van der Waals surface area contributed by atoms with Crippen LogP contribution in [0.4, 0.5) is 0 Å². The minimum absolute atomic E-state index is 0.0338. The van der Waals surface area contributed by atoms with E-state index in [1.807, 2.05) is 78.7 Å². The molecule has 6 nitrogen and oxygen atoms in total. The molecule has 0 spiro atoms. The van der Waals surface area contributed by atoms with Gasteiger partial charge in [0.15, 0.2) is 11.5 Å². The van der Waals surface area contributed by atoms with E-state index in [0.717, 1.165) is 23.3 Å². The number of nitrogens with zero attached hydrogens (tertiary/aromatic N) is 2. The second-order valence-electron chi connectivity index (χ2n) is 10.0. The van der Waals surface area contributed by atoms with Crippen molar-refractivity contribution < 1.29 is 19.1 Å². The molecule has 0 aliphatic carbocycles. The first-order chi connectivity index (χ1) is 18.9. The quantitative estimate of drug-likeness (QED) is 0.200. The zero-order valence-electron chi connectivity index (χ0n) is 23.9. The normalized spacial score (nSPS) is 10.9. The second kappa shape index (κ2) is 15.3. The summed E-state index contributed by atoms with van der Waals surface area (Å²) >= 11 is 1.63. The number of hydrogen-bond donors (Lipinski definition) is 0. The van der Waals surface area contributed by atoms with Crippen molar-refractivity contribution in [3.63, 3.8) is 0 Å². The topological polar surface area (TPSA) is 59.1 Å². The summed E-state index contributed by atoms with van der Waals surface area (Å²) in [5.41, 5.74) is 2.91. The molecule has 3 aromatic rings. The molecule has 39 heavy (non-hydrogen) atoms. The predicted octanol–water partition coefficient (Wildman–Crippen LogP) is 6.62. The fraction of sp³-hybridized carbons (Fsp3) is 0.438. The van der Waals surface area contributed by atoms with Gasteiger partial charge in [-0.05, 0) is 79.9 Å². The van der Waals surface area contributed by atoms with Gasteiger partial charge in [0, 0.05) is 23.0 Å². The van der Waals surface area contributed by atoms with Crippen LogP contribution in [0.5, 0.6) is 11.5 Å². The molecule has 1 aromatic heterocycles. The number of unbranched alkanes of at least 4 members (excludes halogenated alkanes) is 2. The Morgan fingerprint density at radius 3 is 2.23 bits per heavy atom. The lowest BCUT2D eigenvalue weighted by Gasteiger charge is -2.30. The summed E-state index contributed by atoms with van der Waals surface area (Å²) in [6.07, 6.45) is 5.22. The molecule has 0 N–H and O–H groups in total. The van der Waals surface area contributed by atoms with E-state index in [4.69, 9.17) is 9.47 Å². The molecule has 0 saturated carbocycles. The maximum Gasteiger partial charge on any atom is 0.254 e. The van der Waals surface area contributed by atoms with Crippen LogP contribution >= 0.6 is 11.3 Å². The third-order valence-corrected chi connectivity index (χ3v) is 7.72. The van der Waals surface area contributed by atoms with Gasteiger partial charge in [-0.2, -0.15) is 0 Å². The average molecular weight is 551 g/mol. The van der Waals surface area contributed by atoms with E-state index < -0.39 is 0 Å². The average Bonchev–Trinajstić information content (AvgIpc) is 3.47. The van der Waals surface area contributed by atoms with Crippen LogP contribution in [0, 0.1) is 0 Å². The molecule has 0 unspecified atom stereocenters. The number of ether oxygens (including phenoxy) is 2. The van der Waals surface area contributed by atoms with E-state index in [0.29, 0.717) is 36.6 Å². The lowest BCUT2D eigenvalue weighted by Crippen LogP contribution is -2.46. The number of carbonyl (C=O) groups excluding carboxylic acids is 2. The molecule has 0 aliphatic rings. The van der Waals surface area contributed by atoms with E-state index in [2.05, 4.69) is 6.92 Å². The number of carbonyl (C=O) groups is 2. The molecule has 0 fully saturated rings. The van der Waals surface area contributed by atoms with Gasteiger partial charge in [-0.25, -0.2) is 0 Å². The molecular weight excluding hydrogens is 508 g/mol. The van der Waals surface area contributed by atoms with Gasteiger partial charge in [-0.15, -0.1) is 11.3 Å². The fourth-order valence-electron chi connectivity index (χ4n) is 4.48. The Kier molecular flexibility index (Phi) is 11.9. The maximum absolute atomic E-state index is 13.7. The van der Waals surface area contributed by atoms with Crippen molar-refractivity contribution >= 4 is 23.2 Å². The van der Waals surface area contributed by atoms with Gasteiger partial charge in [0.1, 0.15) is 6.54 Å². The van der Waals surface area contributed by atoms with Gasteiger partial charge in [-0.3, -0.25) is 9.59 Å². The number of methoxy groups -OCH3 is 2. The van der Waals surface area contributed by atoms with Crippen LogP contribution in [0.15, 0.2) is 60.0 Å². The largest absolute Gasteiger partial charge is 0.493 e. The van der Waals surface area contributed by atoms with Gasteiger partial charge in [-0.1, -0.05) is 44.0 Å². The highest BCUT2D eigenvalue weighted by Gasteiger charge is 2.25. The number of benzene rings is 2. The SMILES string of the molecule is CCCCCc1ccc(C(=O)N(CC(=O)N(CCc2ccc(OC)c(OC)c2)Cc2cccs2)C(C)C)cc1. The van der Waals surface area contributed by atoms with Gasteiger partial charge in [0.05, 0.1) is 20.8 Å².